The van der Waals surface area contributed by atoms with Crippen molar-refractivity contribution in [2.75, 3.05) is 45.8 Å². The number of carbonyl (C=O) groups excluding carboxylic acids is 1. The quantitative estimate of drug-likeness (QED) is 0.800. The van der Waals surface area contributed by atoms with Crippen LogP contribution in [-0.2, 0) is 4.79 Å². The molecular formula is C24H35N3O. The van der Waals surface area contributed by atoms with E-state index in [1.807, 2.05) is 0 Å². The van der Waals surface area contributed by atoms with Gasteiger partial charge >= 0.3 is 0 Å². The van der Waals surface area contributed by atoms with Crippen LogP contribution in [0.5, 0.6) is 0 Å². The van der Waals surface area contributed by atoms with E-state index < -0.39 is 0 Å². The Hall–Kier alpha value is -1.39. The lowest BCUT2D eigenvalue weighted by atomic mass is 9.68. The largest absolute Gasteiger partial charge is 0.342 e. The van der Waals surface area contributed by atoms with Gasteiger partial charge in [-0.1, -0.05) is 30.3 Å². The van der Waals surface area contributed by atoms with Gasteiger partial charge in [0.2, 0.25) is 5.91 Å². The van der Waals surface area contributed by atoms with E-state index in [1.165, 1.54) is 63.6 Å². The van der Waals surface area contributed by atoms with E-state index in [0.29, 0.717) is 23.8 Å². The average molecular weight is 382 g/mol. The van der Waals surface area contributed by atoms with Gasteiger partial charge in [0.1, 0.15) is 0 Å². The maximum atomic E-state index is 12.8. The molecule has 4 heteroatoms. The molecule has 1 amide bonds. The lowest BCUT2D eigenvalue weighted by molar-refractivity contribution is -0.135. The molecule has 4 aliphatic rings. The Labute approximate surface area is 169 Å². The van der Waals surface area contributed by atoms with E-state index in [9.17, 15) is 4.79 Å². The summed E-state index contributed by atoms with van der Waals surface area (Å²) in [6.07, 6.45) is 8.96. The van der Waals surface area contributed by atoms with Gasteiger partial charge in [-0.2, -0.15) is 0 Å². The predicted molar refractivity (Wildman–Crippen MR) is 112 cm³/mol. The molecule has 1 aliphatic carbocycles. The first kappa shape index (κ1) is 18.6. The number of piperidine rings is 2. The molecule has 1 spiro atoms. The van der Waals surface area contributed by atoms with E-state index in [2.05, 4.69) is 45.0 Å². The van der Waals surface area contributed by atoms with E-state index >= 15 is 0 Å². The normalized spacial score (nSPS) is 28.7. The number of hydrogen-bond donors (Lipinski definition) is 0. The summed E-state index contributed by atoms with van der Waals surface area (Å²) in [5.41, 5.74) is 1.92. The third-order valence-electron chi connectivity index (χ3n) is 7.74. The second kappa shape index (κ2) is 7.79. The number of likely N-dealkylation sites (tertiary alicyclic amines) is 3. The van der Waals surface area contributed by atoms with E-state index in [4.69, 9.17) is 0 Å². The monoisotopic (exact) mass is 381 g/mol. The highest BCUT2D eigenvalue weighted by atomic mass is 16.2. The molecule has 3 aliphatic heterocycles. The fourth-order valence-corrected chi connectivity index (χ4v) is 5.92. The van der Waals surface area contributed by atoms with Crippen LogP contribution in [0.15, 0.2) is 30.3 Å². The standard InChI is InChI=1S/C24H35N3O/c28-23(18-25-12-4-5-13-25)26-14-10-24(11-15-26)16-21(20-6-2-1-3-7-20)17-27(19-24)22-8-9-22/h1-3,6-7,21-22H,4-5,8-19H2/t21-/m0/s1. The van der Waals surface area contributed by atoms with Crippen molar-refractivity contribution in [3.05, 3.63) is 35.9 Å². The smallest absolute Gasteiger partial charge is 0.236 e. The summed E-state index contributed by atoms with van der Waals surface area (Å²) in [7, 11) is 0. The lowest BCUT2D eigenvalue weighted by Gasteiger charge is -2.50. The Kier molecular flexibility index (Phi) is 5.18. The van der Waals surface area contributed by atoms with Crippen LogP contribution in [0, 0.1) is 5.41 Å². The third kappa shape index (κ3) is 3.99. The minimum absolute atomic E-state index is 0.367. The fraction of sp³-hybridized carbons (Fsp3) is 0.708. The predicted octanol–water partition coefficient (Wildman–Crippen LogP) is 3.34. The van der Waals surface area contributed by atoms with Gasteiger partial charge in [0.05, 0.1) is 6.54 Å². The Bertz CT molecular complexity index is 672. The van der Waals surface area contributed by atoms with Crippen molar-refractivity contribution in [2.24, 2.45) is 5.41 Å². The molecule has 0 aromatic heterocycles. The minimum atomic E-state index is 0.367. The Morgan fingerprint density at radius 1 is 1.00 bits per heavy atom. The SMILES string of the molecule is O=C(CN1CCCC1)N1CCC2(CC1)C[C@H](c1ccccc1)CN(C1CC1)C2. The molecule has 1 aromatic rings. The van der Waals surface area contributed by atoms with Crippen molar-refractivity contribution in [3.63, 3.8) is 0 Å². The maximum absolute atomic E-state index is 12.8. The summed E-state index contributed by atoms with van der Waals surface area (Å²) in [5, 5.41) is 0. The second-order valence-corrected chi connectivity index (χ2v) is 9.84. The zero-order chi connectivity index (χ0) is 19.0. The minimum Gasteiger partial charge on any atom is -0.342 e. The lowest BCUT2D eigenvalue weighted by Crippen LogP contribution is -2.53. The Morgan fingerprint density at radius 3 is 2.39 bits per heavy atom. The van der Waals surface area contributed by atoms with Gasteiger partial charge in [-0.25, -0.2) is 0 Å². The molecule has 0 radical (unpaired) electrons. The number of carbonyl (C=O) groups is 1. The van der Waals surface area contributed by atoms with Crippen molar-refractivity contribution < 1.29 is 4.79 Å². The molecule has 0 unspecified atom stereocenters. The van der Waals surface area contributed by atoms with Gasteiger partial charge in [0, 0.05) is 32.2 Å². The molecule has 5 rings (SSSR count). The second-order valence-electron chi connectivity index (χ2n) is 9.84. The van der Waals surface area contributed by atoms with Crippen molar-refractivity contribution in [2.45, 2.75) is 56.9 Å². The van der Waals surface area contributed by atoms with Gasteiger partial charge < -0.3 is 4.90 Å². The molecule has 28 heavy (non-hydrogen) atoms. The van der Waals surface area contributed by atoms with Crippen LogP contribution in [0.4, 0.5) is 0 Å². The molecule has 4 fully saturated rings. The molecule has 1 saturated carbocycles. The van der Waals surface area contributed by atoms with Crippen LogP contribution in [0.3, 0.4) is 0 Å². The molecule has 0 N–H and O–H groups in total. The van der Waals surface area contributed by atoms with Crippen molar-refractivity contribution >= 4 is 5.91 Å². The number of amides is 1. The molecule has 3 heterocycles. The topological polar surface area (TPSA) is 26.8 Å². The van der Waals surface area contributed by atoms with Crippen LogP contribution in [0.25, 0.3) is 0 Å². The van der Waals surface area contributed by atoms with E-state index in [0.717, 1.165) is 32.2 Å². The summed E-state index contributed by atoms with van der Waals surface area (Å²) in [4.78, 5) is 20.1. The highest BCUT2D eigenvalue weighted by molar-refractivity contribution is 5.78. The number of nitrogens with zero attached hydrogens (tertiary/aromatic N) is 3. The van der Waals surface area contributed by atoms with E-state index in [-0.39, 0.29) is 0 Å². The first-order valence-electron chi connectivity index (χ1n) is 11.5. The number of hydrogen-bond acceptors (Lipinski definition) is 3. The summed E-state index contributed by atoms with van der Waals surface area (Å²) in [5.74, 6) is 1.02. The van der Waals surface area contributed by atoms with Crippen LogP contribution >= 0.6 is 0 Å². The average Bonchev–Trinajstić information content (AvgIpc) is 3.46. The van der Waals surface area contributed by atoms with Gasteiger partial charge in [-0.05, 0) is 74.9 Å². The molecule has 1 aromatic carbocycles. The highest BCUT2D eigenvalue weighted by Gasteiger charge is 2.46. The Morgan fingerprint density at radius 2 is 1.71 bits per heavy atom. The zero-order valence-corrected chi connectivity index (χ0v) is 17.2. The zero-order valence-electron chi connectivity index (χ0n) is 17.2. The van der Waals surface area contributed by atoms with Crippen LogP contribution in [0.1, 0.15) is 56.4 Å². The van der Waals surface area contributed by atoms with Crippen molar-refractivity contribution in [1.82, 2.24) is 14.7 Å². The van der Waals surface area contributed by atoms with Crippen molar-refractivity contribution in [3.8, 4) is 0 Å². The van der Waals surface area contributed by atoms with Crippen LogP contribution < -0.4 is 0 Å². The number of rotatable bonds is 4. The highest BCUT2D eigenvalue weighted by Crippen LogP contribution is 2.47. The molecule has 3 saturated heterocycles. The summed E-state index contributed by atoms with van der Waals surface area (Å²) < 4.78 is 0. The first-order valence-corrected chi connectivity index (χ1v) is 11.5. The molecular weight excluding hydrogens is 346 g/mol. The summed E-state index contributed by atoms with van der Waals surface area (Å²) in [6, 6.07) is 12.0. The molecule has 4 nitrogen and oxygen atoms in total. The summed E-state index contributed by atoms with van der Waals surface area (Å²) in [6.45, 7) is 7.29. The Balaban J connectivity index is 1.24. The van der Waals surface area contributed by atoms with E-state index in [1.54, 1.807) is 0 Å². The number of benzene rings is 1. The third-order valence-corrected chi connectivity index (χ3v) is 7.74. The summed E-state index contributed by atoms with van der Waals surface area (Å²) >= 11 is 0. The van der Waals surface area contributed by atoms with Gasteiger partial charge in [-0.3, -0.25) is 14.6 Å². The maximum Gasteiger partial charge on any atom is 0.236 e. The molecule has 152 valence electrons. The van der Waals surface area contributed by atoms with Crippen LogP contribution in [-0.4, -0.2) is 72.5 Å². The fourth-order valence-electron chi connectivity index (χ4n) is 5.92. The molecule has 0 bridgehead atoms. The van der Waals surface area contributed by atoms with Crippen LogP contribution in [0.2, 0.25) is 0 Å². The van der Waals surface area contributed by atoms with Gasteiger partial charge in [-0.15, -0.1) is 0 Å². The molecule has 1 atom stereocenters. The van der Waals surface area contributed by atoms with Gasteiger partial charge in [0.25, 0.3) is 0 Å². The van der Waals surface area contributed by atoms with Gasteiger partial charge in [0.15, 0.2) is 0 Å². The van der Waals surface area contributed by atoms with Crippen molar-refractivity contribution in [1.29, 1.82) is 0 Å². The first-order chi connectivity index (χ1) is 13.7.